The van der Waals surface area contributed by atoms with Gasteiger partial charge in [-0.1, -0.05) is 13.8 Å². The summed E-state index contributed by atoms with van der Waals surface area (Å²) in [6, 6.07) is -0.948. The number of rotatable bonds is 9. The minimum absolute atomic E-state index is 0.0461. The second kappa shape index (κ2) is 14.1. The van der Waals surface area contributed by atoms with Crippen molar-refractivity contribution >= 4 is 28.0 Å². The molecule has 0 unspecified atom stereocenters. The highest BCUT2D eigenvalue weighted by Crippen LogP contribution is 2.25. The molecule has 2 rings (SSSR count). The monoisotopic (exact) mass is 494 g/mol. The molecule has 1 heterocycles. The normalized spacial score (nSPS) is 22.3. The topological polar surface area (TPSA) is 155 Å². The number of aliphatic imine (C=N–C) groups is 1. The zero-order chi connectivity index (χ0) is 25.0. The van der Waals surface area contributed by atoms with Gasteiger partial charge in [0.25, 0.3) is 16.0 Å². The highest BCUT2D eigenvalue weighted by Gasteiger charge is 2.39. The van der Waals surface area contributed by atoms with Crippen LogP contribution in [-0.2, 0) is 29.2 Å². The molecule has 0 radical (unpaired) electrons. The van der Waals surface area contributed by atoms with E-state index in [1.165, 1.54) is 0 Å². The van der Waals surface area contributed by atoms with Crippen LogP contribution in [0.1, 0.15) is 40.0 Å². The Morgan fingerprint density at radius 2 is 1.97 bits per heavy atom. The van der Waals surface area contributed by atoms with Crippen molar-refractivity contribution in [1.29, 1.82) is 0 Å². The van der Waals surface area contributed by atoms with Crippen molar-refractivity contribution < 1.29 is 36.4 Å². The summed E-state index contributed by atoms with van der Waals surface area (Å²) in [5.41, 5.74) is 0.472. The number of hydrogen-bond donors (Lipinski definition) is 4. The number of amides is 1. The summed E-state index contributed by atoms with van der Waals surface area (Å²) in [6.07, 6.45) is 3.65. The summed E-state index contributed by atoms with van der Waals surface area (Å²) in [7, 11) is -3.67. The van der Waals surface area contributed by atoms with Crippen molar-refractivity contribution in [2.75, 3.05) is 32.6 Å². The van der Waals surface area contributed by atoms with Gasteiger partial charge in [-0.2, -0.15) is 8.42 Å². The third-order valence-electron chi connectivity index (χ3n) is 4.84. The highest BCUT2D eigenvalue weighted by molar-refractivity contribution is 7.85. The lowest BCUT2D eigenvalue weighted by Gasteiger charge is -2.39. The molecule has 1 aliphatic heterocycles. The number of nitrogens with one attached hydrogen (secondary N) is 3. The first kappa shape index (κ1) is 28.8. The van der Waals surface area contributed by atoms with Crippen LogP contribution in [0.4, 0.5) is 4.39 Å². The SMILES string of the molecule is CCOC(=O)C1=C[C@@H](OC(CC)CC)[C@H](NC(=O)CF)[C@@H](NC2=NCCN2)C1.CS(=O)(=O)O. The van der Waals surface area contributed by atoms with Gasteiger partial charge in [-0.25, -0.2) is 9.18 Å². The molecule has 4 N–H and O–H groups in total. The Bertz CT molecular complexity index is 807. The lowest BCUT2D eigenvalue weighted by atomic mass is 9.87. The van der Waals surface area contributed by atoms with E-state index in [9.17, 15) is 22.4 Å². The number of ether oxygens (including phenoxy) is 2. The summed E-state index contributed by atoms with van der Waals surface area (Å²) < 4.78 is 50.1. The number of hydrogen-bond acceptors (Lipinski definition) is 9. The number of carbonyl (C=O) groups is 2. The Morgan fingerprint density at radius 3 is 2.45 bits per heavy atom. The summed E-state index contributed by atoms with van der Waals surface area (Å²) in [6.45, 7) is 6.27. The molecule has 0 aromatic carbocycles. The Hall–Kier alpha value is -2.25. The van der Waals surface area contributed by atoms with Crippen LogP contribution in [-0.4, -0.2) is 87.7 Å². The average molecular weight is 495 g/mol. The molecule has 3 atom stereocenters. The molecule has 0 bridgehead atoms. The van der Waals surface area contributed by atoms with Crippen LogP contribution in [0.15, 0.2) is 16.6 Å². The molecular weight excluding hydrogens is 459 g/mol. The van der Waals surface area contributed by atoms with Crippen LogP contribution >= 0.6 is 0 Å². The fourth-order valence-corrected chi connectivity index (χ4v) is 3.38. The summed E-state index contributed by atoms with van der Waals surface area (Å²) in [5, 5.41) is 9.06. The van der Waals surface area contributed by atoms with E-state index < -0.39 is 46.9 Å². The van der Waals surface area contributed by atoms with Crippen LogP contribution < -0.4 is 16.0 Å². The Labute approximate surface area is 194 Å². The molecule has 1 aliphatic carbocycles. The fraction of sp³-hybridized carbons (Fsp3) is 0.750. The zero-order valence-corrected chi connectivity index (χ0v) is 20.3. The maximum absolute atomic E-state index is 12.9. The number of carbonyl (C=O) groups excluding carboxylic acids is 2. The maximum Gasteiger partial charge on any atom is 0.333 e. The van der Waals surface area contributed by atoms with E-state index in [0.717, 1.165) is 12.8 Å². The van der Waals surface area contributed by atoms with E-state index in [0.29, 0.717) is 37.3 Å². The van der Waals surface area contributed by atoms with Crippen LogP contribution in [0.25, 0.3) is 0 Å². The van der Waals surface area contributed by atoms with Crippen molar-refractivity contribution in [2.45, 2.75) is 64.3 Å². The van der Waals surface area contributed by atoms with Crippen molar-refractivity contribution in [3.8, 4) is 0 Å². The molecule has 0 saturated carbocycles. The molecule has 11 nitrogen and oxygen atoms in total. The first-order valence-electron chi connectivity index (χ1n) is 10.9. The zero-order valence-electron chi connectivity index (χ0n) is 19.5. The van der Waals surface area contributed by atoms with E-state index in [-0.39, 0.29) is 12.7 Å². The van der Waals surface area contributed by atoms with Gasteiger partial charge in [-0.3, -0.25) is 14.3 Å². The van der Waals surface area contributed by atoms with Gasteiger partial charge in [0, 0.05) is 18.5 Å². The minimum Gasteiger partial charge on any atom is -0.463 e. The standard InChI is InChI=1S/C19H31FN4O4.CH4O3S/c1-4-13(5-2)28-15-10-12(18(26)27-6-3)9-14(17(15)24-16(25)11-20)23-19-21-7-8-22-19;1-5(2,3)4/h10,13-15,17H,4-9,11H2,1-3H3,(H,24,25)(H2,21,22,23);1H3,(H,2,3,4)/t14-,15+,17+;/m0./s1. The van der Waals surface area contributed by atoms with Crippen LogP contribution in [0, 0.1) is 0 Å². The van der Waals surface area contributed by atoms with Gasteiger partial charge >= 0.3 is 5.97 Å². The van der Waals surface area contributed by atoms with Gasteiger partial charge in [0.1, 0.15) is 0 Å². The predicted octanol–water partition coefficient (Wildman–Crippen LogP) is 0.329. The van der Waals surface area contributed by atoms with Crippen LogP contribution in [0.3, 0.4) is 0 Å². The van der Waals surface area contributed by atoms with Gasteiger partial charge in [0.05, 0.1) is 43.7 Å². The average Bonchev–Trinajstić information content (AvgIpc) is 3.25. The molecule has 0 spiro atoms. The molecule has 2 aliphatic rings. The molecule has 0 fully saturated rings. The lowest BCUT2D eigenvalue weighted by molar-refractivity contribution is -0.139. The molecule has 0 aromatic heterocycles. The number of halogens is 1. The lowest BCUT2D eigenvalue weighted by Crippen LogP contribution is -2.61. The summed E-state index contributed by atoms with van der Waals surface area (Å²) >= 11 is 0. The Kier molecular flexibility index (Phi) is 12.3. The third-order valence-corrected chi connectivity index (χ3v) is 4.84. The number of esters is 1. The van der Waals surface area contributed by atoms with Gasteiger partial charge in [0.2, 0.25) is 0 Å². The quantitative estimate of drug-likeness (QED) is 0.262. The fourth-order valence-electron chi connectivity index (χ4n) is 3.38. The molecule has 1 amide bonds. The smallest absolute Gasteiger partial charge is 0.333 e. The third kappa shape index (κ3) is 10.9. The number of alkyl halides is 1. The van der Waals surface area contributed by atoms with E-state index in [4.69, 9.17) is 14.0 Å². The number of nitrogens with zero attached hydrogens (tertiary/aromatic N) is 1. The predicted molar refractivity (Wildman–Crippen MR) is 121 cm³/mol. The minimum atomic E-state index is -3.67. The van der Waals surface area contributed by atoms with E-state index in [1.807, 2.05) is 13.8 Å². The van der Waals surface area contributed by atoms with Crippen molar-refractivity contribution in [3.05, 3.63) is 11.6 Å². The van der Waals surface area contributed by atoms with Gasteiger partial charge in [-0.05, 0) is 25.8 Å². The van der Waals surface area contributed by atoms with E-state index >= 15 is 0 Å². The Morgan fingerprint density at radius 1 is 1.33 bits per heavy atom. The van der Waals surface area contributed by atoms with Crippen molar-refractivity contribution in [2.24, 2.45) is 4.99 Å². The number of guanidine groups is 1. The first-order valence-corrected chi connectivity index (χ1v) is 12.7. The summed E-state index contributed by atoms with van der Waals surface area (Å²) in [5.74, 6) is -0.538. The van der Waals surface area contributed by atoms with Gasteiger partial charge in [-0.15, -0.1) is 0 Å². The highest BCUT2D eigenvalue weighted by atomic mass is 32.2. The maximum atomic E-state index is 12.9. The van der Waals surface area contributed by atoms with Gasteiger partial charge < -0.3 is 25.4 Å². The summed E-state index contributed by atoms with van der Waals surface area (Å²) in [4.78, 5) is 28.5. The largest absolute Gasteiger partial charge is 0.463 e. The first-order chi connectivity index (χ1) is 15.5. The molecule has 190 valence electrons. The van der Waals surface area contributed by atoms with E-state index in [2.05, 4.69) is 20.9 Å². The van der Waals surface area contributed by atoms with Crippen LogP contribution in [0.2, 0.25) is 0 Å². The van der Waals surface area contributed by atoms with Crippen molar-refractivity contribution in [3.63, 3.8) is 0 Å². The second-order valence-corrected chi connectivity index (χ2v) is 8.99. The van der Waals surface area contributed by atoms with Crippen LogP contribution in [0.5, 0.6) is 0 Å². The molecule has 13 heteroatoms. The molecule has 0 saturated heterocycles. The molecule has 0 aromatic rings. The molecule has 33 heavy (non-hydrogen) atoms. The van der Waals surface area contributed by atoms with Crippen molar-refractivity contribution in [1.82, 2.24) is 16.0 Å². The van der Waals surface area contributed by atoms with Gasteiger partial charge in [0.15, 0.2) is 12.6 Å². The molecular formula is C20H35FN4O7S. The van der Waals surface area contributed by atoms with E-state index in [1.54, 1.807) is 13.0 Å². The Balaban J connectivity index is 0.000000981. The second-order valence-electron chi connectivity index (χ2n) is 7.52.